The molecule has 2 aromatic rings. The second-order valence-electron chi connectivity index (χ2n) is 6.58. The molecule has 2 aromatic carbocycles. The molecule has 1 aliphatic rings. The Kier molecular flexibility index (Phi) is 4.82. The molecular weight excluding hydrogens is 338 g/mol. The van der Waals surface area contributed by atoms with Gasteiger partial charge in [-0.15, -0.1) is 0 Å². The number of benzene rings is 2. The molecule has 0 aromatic heterocycles. The molecule has 1 heterocycles. The van der Waals surface area contributed by atoms with Crippen LogP contribution in [0, 0.1) is 26.7 Å². The van der Waals surface area contributed by atoms with E-state index in [0.29, 0.717) is 23.0 Å². The van der Waals surface area contributed by atoms with Gasteiger partial charge in [-0.25, -0.2) is 0 Å². The molecule has 1 saturated heterocycles. The molecule has 25 heavy (non-hydrogen) atoms. The van der Waals surface area contributed by atoms with E-state index in [9.17, 15) is 9.59 Å². The van der Waals surface area contributed by atoms with E-state index in [0.717, 1.165) is 16.7 Å². The lowest BCUT2D eigenvalue weighted by atomic mass is 10.1. The third-order valence-electron chi connectivity index (χ3n) is 4.34. The molecule has 130 valence electrons. The number of esters is 1. The number of aryl methyl sites for hydroxylation is 3. The number of nitrogens with zero attached hydrogens (tertiary/aromatic N) is 1. The van der Waals surface area contributed by atoms with E-state index in [4.69, 9.17) is 16.3 Å². The van der Waals surface area contributed by atoms with E-state index in [-0.39, 0.29) is 18.3 Å². The first kappa shape index (κ1) is 17.5. The van der Waals surface area contributed by atoms with Gasteiger partial charge in [-0.3, -0.25) is 9.59 Å². The molecule has 1 amide bonds. The van der Waals surface area contributed by atoms with Crippen molar-refractivity contribution in [3.8, 4) is 5.75 Å². The molecule has 1 aliphatic heterocycles. The van der Waals surface area contributed by atoms with Crippen LogP contribution in [-0.2, 0) is 9.59 Å². The molecule has 0 radical (unpaired) electrons. The van der Waals surface area contributed by atoms with Crippen molar-refractivity contribution in [3.05, 3.63) is 58.1 Å². The summed E-state index contributed by atoms with van der Waals surface area (Å²) in [6, 6.07) is 11.1. The van der Waals surface area contributed by atoms with Crippen LogP contribution in [0.4, 0.5) is 5.69 Å². The number of hydrogen-bond donors (Lipinski definition) is 0. The van der Waals surface area contributed by atoms with Crippen molar-refractivity contribution in [2.75, 3.05) is 11.4 Å². The van der Waals surface area contributed by atoms with Crippen LogP contribution >= 0.6 is 11.6 Å². The van der Waals surface area contributed by atoms with Crippen molar-refractivity contribution >= 4 is 29.2 Å². The maximum Gasteiger partial charge on any atom is 0.316 e. The molecule has 1 fully saturated rings. The quantitative estimate of drug-likeness (QED) is 0.610. The highest BCUT2D eigenvalue weighted by Gasteiger charge is 2.36. The van der Waals surface area contributed by atoms with Gasteiger partial charge in [0.1, 0.15) is 5.75 Å². The summed E-state index contributed by atoms with van der Waals surface area (Å²) in [6.45, 7) is 6.11. The summed E-state index contributed by atoms with van der Waals surface area (Å²) in [7, 11) is 0. The molecule has 0 unspecified atom stereocenters. The Labute approximate surface area is 152 Å². The van der Waals surface area contributed by atoms with Gasteiger partial charge in [0.25, 0.3) is 0 Å². The lowest BCUT2D eigenvalue weighted by molar-refractivity contribution is -0.139. The first-order valence-corrected chi connectivity index (χ1v) is 8.58. The Morgan fingerprint density at radius 1 is 1.12 bits per heavy atom. The fourth-order valence-electron chi connectivity index (χ4n) is 3.06. The minimum Gasteiger partial charge on any atom is -0.426 e. The van der Waals surface area contributed by atoms with Crippen LogP contribution in [0.25, 0.3) is 0 Å². The van der Waals surface area contributed by atoms with Crippen LogP contribution in [0.1, 0.15) is 23.1 Å². The van der Waals surface area contributed by atoms with Crippen molar-refractivity contribution in [2.45, 2.75) is 27.2 Å². The SMILES string of the molecule is Cc1cc(C)cc(OC(=O)[C@@H]2CC(=O)N(c3ccc(C)c(Cl)c3)C2)c1. The van der Waals surface area contributed by atoms with Crippen LogP contribution in [0.2, 0.25) is 5.02 Å². The summed E-state index contributed by atoms with van der Waals surface area (Å²) in [6.07, 6.45) is 0.148. The molecule has 4 nitrogen and oxygen atoms in total. The van der Waals surface area contributed by atoms with Crippen molar-refractivity contribution in [2.24, 2.45) is 5.92 Å². The Hall–Kier alpha value is -2.33. The second kappa shape index (κ2) is 6.89. The van der Waals surface area contributed by atoms with Crippen LogP contribution in [-0.4, -0.2) is 18.4 Å². The molecule has 3 rings (SSSR count). The Morgan fingerprint density at radius 2 is 1.80 bits per heavy atom. The summed E-state index contributed by atoms with van der Waals surface area (Å²) in [4.78, 5) is 26.4. The average molecular weight is 358 g/mol. The first-order valence-electron chi connectivity index (χ1n) is 8.20. The second-order valence-corrected chi connectivity index (χ2v) is 6.99. The number of carbonyl (C=O) groups excluding carboxylic acids is 2. The number of halogens is 1. The number of carbonyl (C=O) groups is 2. The molecule has 0 aliphatic carbocycles. The zero-order valence-corrected chi connectivity index (χ0v) is 15.3. The van der Waals surface area contributed by atoms with Gasteiger partial charge in [-0.05, 0) is 61.7 Å². The van der Waals surface area contributed by atoms with E-state index in [2.05, 4.69) is 0 Å². The molecule has 1 atom stereocenters. The predicted molar refractivity (Wildman–Crippen MR) is 98.2 cm³/mol. The van der Waals surface area contributed by atoms with Gasteiger partial charge in [0.05, 0.1) is 5.92 Å². The lowest BCUT2D eigenvalue weighted by Gasteiger charge is -2.17. The monoisotopic (exact) mass is 357 g/mol. The Bertz CT molecular complexity index is 827. The number of anilines is 1. The number of rotatable bonds is 3. The number of amides is 1. The van der Waals surface area contributed by atoms with E-state index in [1.54, 1.807) is 11.0 Å². The van der Waals surface area contributed by atoms with Crippen molar-refractivity contribution in [3.63, 3.8) is 0 Å². The van der Waals surface area contributed by atoms with Crippen LogP contribution in [0.15, 0.2) is 36.4 Å². The standard InChI is InChI=1S/C20H20ClNO3/c1-12-6-13(2)8-17(7-12)25-20(24)15-9-19(23)22(11-15)16-5-4-14(3)18(21)10-16/h4-8,10,15H,9,11H2,1-3H3/t15-/m1/s1. The molecule has 5 heteroatoms. The fraction of sp³-hybridized carbons (Fsp3) is 0.300. The molecule has 0 spiro atoms. The summed E-state index contributed by atoms with van der Waals surface area (Å²) >= 11 is 6.15. The largest absolute Gasteiger partial charge is 0.426 e. The maximum absolute atomic E-state index is 12.5. The summed E-state index contributed by atoms with van der Waals surface area (Å²) in [5, 5.41) is 0.603. The van der Waals surface area contributed by atoms with Crippen LogP contribution in [0.5, 0.6) is 5.75 Å². The topological polar surface area (TPSA) is 46.6 Å². The zero-order chi connectivity index (χ0) is 18.1. The predicted octanol–water partition coefficient (Wildman–Crippen LogP) is 4.22. The summed E-state index contributed by atoms with van der Waals surface area (Å²) < 4.78 is 5.49. The van der Waals surface area contributed by atoms with Gasteiger partial charge in [0.15, 0.2) is 0 Å². The number of ether oxygens (including phenoxy) is 1. The highest BCUT2D eigenvalue weighted by Crippen LogP contribution is 2.29. The average Bonchev–Trinajstić information content (AvgIpc) is 2.91. The maximum atomic E-state index is 12.5. The van der Waals surface area contributed by atoms with E-state index < -0.39 is 5.92 Å². The fourth-order valence-corrected chi connectivity index (χ4v) is 3.23. The highest BCUT2D eigenvalue weighted by atomic mass is 35.5. The Morgan fingerprint density at radius 3 is 2.44 bits per heavy atom. The third-order valence-corrected chi connectivity index (χ3v) is 4.75. The number of hydrogen-bond acceptors (Lipinski definition) is 3. The summed E-state index contributed by atoms with van der Waals surface area (Å²) in [5.74, 6) is -0.429. The van der Waals surface area contributed by atoms with E-state index in [1.807, 2.05) is 51.1 Å². The van der Waals surface area contributed by atoms with Crippen molar-refractivity contribution in [1.29, 1.82) is 0 Å². The van der Waals surface area contributed by atoms with Gasteiger partial charge in [0, 0.05) is 23.7 Å². The normalized spacial score (nSPS) is 17.0. The van der Waals surface area contributed by atoms with E-state index >= 15 is 0 Å². The lowest BCUT2D eigenvalue weighted by Crippen LogP contribution is -2.27. The van der Waals surface area contributed by atoms with Crippen LogP contribution in [0.3, 0.4) is 0 Å². The molecule has 0 bridgehead atoms. The molecular formula is C20H20ClNO3. The van der Waals surface area contributed by atoms with Gasteiger partial charge in [-0.2, -0.15) is 0 Å². The molecule has 0 N–H and O–H groups in total. The van der Waals surface area contributed by atoms with Crippen molar-refractivity contribution < 1.29 is 14.3 Å². The van der Waals surface area contributed by atoms with Gasteiger partial charge >= 0.3 is 5.97 Å². The van der Waals surface area contributed by atoms with Crippen LogP contribution < -0.4 is 9.64 Å². The molecule has 0 saturated carbocycles. The first-order chi connectivity index (χ1) is 11.8. The smallest absolute Gasteiger partial charge is 0.316 e. The van der Waals surface area contributed by atoms with Gasteiger partial charge in [-0.1, -0.05) is 23.7 Å². The minimum atomic E-state index is -0.478. The van der Waals surface area contributed by atoms with Gasteiger partial charge < -0.3 is 9.64 Å². The van der Waals surface area contributed by atoms with Crippen molar-refractivity contribution in [1.82, 2.24) is 0 Å². The van der Waals surface area contributed by atoms with E-state index in [1.165, 1.54) is 0 Å². The third kappa shape index (κ3) is 3.85. The highest BCUT2D eigenvalue weighted by molar-refractivity contribution is 6.31. The Balaban J connectivity index is 1.73. The van der Waals surface area contributed by atoms with Gasteiger partial charge in [0.2, 0.25) is 5.91 Å². The zero-order valence-electron chi connectivity index (χ0n) is 14.5. The summed E-state index contributed by atoms with van der Waals surface area (Å²) in [5.41, 5.74) is 3.72. The minimum absolute atomic E-state index is 0.0951.